The second-order valence-electron chi connectivity index (χ2n) is 3.26. The zero-order valence-electron chi connectivity index (χ0n) is 9.07. The third kappa shape index (κ3) is 8.70. The molecule has 0 radical (unpaired) electrons. The average Bonchev–Trinajstić information content (AvgIpc) is 2.12. The highest BCUT2D eigenvalue weighted by Crippen LogP contribution is 2.50. The van der Waals surface area contributed by atoms with E-state index in [0.717, 1.165) is 0 Å². The molecule has 86 valence electrons. The summed E-state index contributed by atoms with van der Waals surface area (Å²) in [6, 6.07) is 0. The molecule has 0 aromatic carbocycles. The maximum atomic E-state index is 9.78. The summed E-state index contributed by atoms with van der Waals surface area (Å²) in [5.74, 6) is 0. The lowest BCUT2D eigenvalue weighted by Gasteiger charge is -2.18. The Hall–Kier alpha value is 0.110. The van der Waals surface area contributed by atoms with Crippen LogP contribution in [-0.2, 0) is 13.6 Å². The maximum Gasteiger partial charge on any atom is 0.476 e. The van der Waals surface area contributed by atoms with E-state index >= 15 is 0 Å². The Morgan fingerprint density at radius 1 is 1.07 bits per heavy atom. The van der Waals surface area contributed by atoms with Gasteiger partial charge in [-0.25, -0.2) is 4.57 Å². The van der Waals surface area contributed by atoms with Gasteiger partial charge in [-0.2, -0.15) is 0 Å². The number of hydrogen-bond acceptors (Lipinski definition) is 3. The zero-order chi connectivity index (χ0) is 10.9. The van der Waals surface area contributed by atoms with E-state index in [2.05, 4.69) is 22.9 Å². The number of unbranched alkanes of at least 4 members (excludes halogenated alkanes) is 5. The fourth-order valence-corrected chi connectivity index (χ4v) is 1.28. The Bertz CT molecular complexity index is 158. The Morgan fingerprint density at radius 3 is 1.57 bits per heavy atom. The van der Waals surface area contributed by atoms with Gasteiger partial charge in [-0.05, 0) is 0 Å². The van der Waals surface area contributed by atoms with Crippen molar-refractivity contribution in [1.29, 1.82) is 0 Å². The van der Waals surface area contributed by atoms with Crippen molar-refractivity contribution < 1.29 is 18.5 Å². The van der Waals surface area contributed by atoms with E-state index < -0.39 is 7.82 Å². The maximum absolute atomic E-state index is 9.78. The molecule has 1 saturated heterocycles. The van der Waals surface area contributed by atoms with Crippen LogP contribution in [0.25, 0.3) is 0 Å². The first-order valence-electron chi connectivity index (χ1n) is 5.24. The largest absolute Gasteiger partial charge is 0.476 e. The molecule has 0 saturated carbocycles. The molecule has 5 heteroatoms. The zero-order valence-corrected chi connectivity index (χ0v) is 9.96. The minimum absolute atomic E-state index is 0.0478. The smallest absolute Gasteiger partial charge is 0.302 e. The molecule has 0 aromatic heterocycles. The molecule has 1 aliphatic heterocycles. The van der Waals surface area contributed by atoms with Crippen LogP contribution >= 0.6 is 7.82 Å². The van der Waals surface area contributed by atoms with Gasteiger partial charge in [-0.1, -0.05) is 52.4 Å². The summed E-state index contributed by atoms with van der Waals surface area (Å²) in [5.41, 5.74) is 0. The van der Waals surface area contributed by atoms with Crippen molar-refractivity contribution in [3.8, 4) is 0 Å². The van der Waals surface area contributed by atoms with Gasteiger partial charge < -0.3 is 4.89 Å². The summed E-state index contributed by atoms with van der Waals surface area (Å²) in [7, 11) is -3.47. The monoisotopic (exact) mass is 224 g/mol. The lowest BCUT2D eigenvalue weighted by molar-refractivity contribution is -0.0265. The van der Waals surface area contributed by atoms with Crippen LogP contribution in [0.15, 0.2) is 0 Å². The van der Waals surface area contributed by atoms with Gasteiger partial charge in [0.25, 0.3) is 0 Å². The summed E-state index contributed by atoms with van der Waals surface area (Å²) in [5, 5.41) is 0. The molecular weight excluding hydrogens is 203 g/mol. The van der Waals surface area contributed by atoms with Crippen LogP contribution < -0.4 is 0 Å². The van der Waals surface area contributed by atoms with Gasteiger partial charge in [0.1, 0.15) is 0 Å². The predicted octanol–water partition coefficient (Wildman–Crippen LogP) is 3.46. The second kappa shape index (κ2) is 8.42. The van der Waals surface area contributed by atoms with E-state index in [4.69, 9.17) is 4.89 Å². The van der Waals surface area contributed by atoms with Crippen molar-refractivity contribution in [1.82, 2.24) is 0 Å². The summed E-state index contributed by atoms with van der Waals surface area (Å²) >= 11 is 0. The number of phosphoric ester groups is 1. The number of hydrogen-bond donors (Lipinski definition) is 1. The van der Waals surface area contributed by atoms with Crippen LogP contribution in [0.2, 0.25) is 0 Å². The lowest BCUT2D eigenvalue weighted by Crippen LogP contribution is -2.08. The Kier molecular flexibility index (Phi) is 8.49. The molecule has 0 unspecified atom stereocenters. The van der Waals surface area contributed by atoms with Crippen LogP contribution in [-0.4, -0.2) is 11.7 Å². The van der Waals surface area contributed by atoms with Crippen LogP contribution in [0.1, 0.15) is 52.4 Å². The molecule has 14 heavy (non-hydrogen) atoms. The fourth-order valence-electron chi connectivity index (χ4n) is 0.996. The standard InChI is InChI=1S/C8H18.CH3O4P/c1-3-5-7-8-6-4-2;2-6(3)4-1-5-6/h3-8H2,1-2H3;1H2,(H,2,3). The van der Waals surface area contributed by atoms with E-state index in [-0.39, 0.29) is 6.79 Å². The van der Waals surface area contributed by atoms with Gasteiger partial charge in [-0.15, -0.1) is 0 Å². The van der Waals surface area contributed by atoms with Crippen LogP contribution in [0, 0.1) is 0 Å². The summed E-state index contributed by atoms with van der Waals surface area (Å²) in [6.07, 6.45) is 8.49. The first-order valence-corrected chi connectivity index (χ1v) is 6.73. The topological polar surface area (TPSA) is 55.8 Å². The van der Waals surface area contributed by atoms with Gasteiger partial charge >= 0.3 is 7.82 Å². The predicted molar refractivity (Wildman–Crippen MR) is 55.9 cm³/mol. The van der Waals surface area contributed by atoms with E-state index in [0.29, 0.717) is 0 Å². The van der Waals surface area contributed by atoms with E-state index in [9.17, 15) is 4.57 Å². The Labute approximate surface area is 86.2 Å². The van der Waals surface area contributed by atoms with Crippen molar-refractivity contribution in [2.75, 3.05) is 6.79 Å². The first kappa shape index (κ1) is 14.1. The van der Waals surface area contributed by atoms with Crippen molar-refractivity contribution >= 4 is 7.82 Å². The van der Waals surface area contributed by atoms with E-state index in [1.807, 2.05) is 0 Å². The highest BCUT2D eigenvalue weighted by molar-refractivity contribution is 7.48. The molecule has 4 nitrogen and oxygen atoms in total. The van der Waals surface area contributed by atoms with Gasteiger partial charge in [0.05, 0.1) is 0 Å². The minimum Gasteiger partial charge on any atom is -0.302 e. The molecular formula is C9H21O4P. The molecule has 0 spiro atoms. The van der Waals surface area contributed by atoms with Gasteiger partial charge in [0.15, 0.2) is 6.79 Å². The molecule has 0 amide bonds. The SMILES string of the molecule is CCCCCCCC.O=P1(O)OCO1. The van der Waals surface area contributed by atoms with Crippen molar-refractivity contribution in [3.63, 3.8) is 0 Å². The van der Waals surface area contributed by atoms with Gasteiger partial charge in [0.2, 0.25) is 0 Å². The molecule has 1 aliphatic rings. The highest BCUT2D eigenvalue weighted by atomic mass is 31.2. The fraction of sp³-hybridized carbons (Fsp3) is 1.00. The normalized spacial score (nSPS) is 17.9. The van der Waals surface area contributed by atoms with Gasteiger partial charge in [-0.3, -0.25) is 9.05 Å². The molecule has 1 fully saturated rings. The summed E-state index contributed by atoms with van der Waals surface area (Å²) in [4.78, 5) is 8.02. The van der Waals surface area contributed by atoms with Crippen molar-refractivity contribution in [2.45, 2.75) is 52.4 Å². The van der Waals surface area contributed by atoms with Crippen LogP contribution in [0.4, 0.5) is 0 Å². The molecule has 0 atom stereocenters. The molecule has 0 bridgehead atoms. The average molecular weight is 224 g/mol. The minimum atomic E-state index is -3.47. The first-order chi connectivity index (χ1) is 6.62. The third-order valence-corrected chi connectivity index (χ3v) is 2.75. The Morgan fingerprint density at radius 2 is 1.43 bits per heavy atom. The highest BCUT2D eigenvalue weighted by Gasteiger charge is 2.30. The van der Waals surface area contributed by atoms with Crippen molar-refractivity contribution in [3.05, 3.63) is 0 Å². The molecule has 1 N–H and O–H groups in total. The Balaban J connectivity index is 0.000000249. The number of rotatable bonds is 5. The summed E-state index contributed by atoms with van der Waals surface area (Å²) in [6.45, 7) is 4.46. The van der Waals surface area contributed by atoms with Crippen molar-refractivity contribution in [2.24, 2.45) is 0 Å². The van der Waals surface area contributed by atoms with E-state index in [1.165, 1.54) is 38.5 Å². The molecule has 1 heterocycles. The number of phosphoric acid groups is 1. The second-order valence-corrected chi connectivity index (χ2v) is 4.71. The van der Waals surface area contributed by atoms with E-state index in [1.54, 1.807) is 0 Å². The lowest BCUT2D eigenvalue weighted by atomic mass is 10.1. The molecule has 1 rings (SSSR count). The molecule has 0 aliphatic carbocycles. The van der Waals surface area contributed by atoms with Crippen LogP contribution in [0.5, 0.6) is 0 Å². The quantitative estimate of drug-likeness (QED) is 0.574. The van der Waals surface area contributed by atoms with Crippen LogP contribution in [0.3, 0.4) is 0 Å². The third-order valence-electron chi connectivity index (χ3n) is 1.89. The summed E-state index contributed by atoms with van der Waals surface area (Å²) < 4.78 is 17.8. The van der Waals surface area contributed by atoms with Gasteiger partial charge in [0, 0.05) is 0 Å². The molecule has 0 aromatic rings.